The van der Waals surface area contributed by atoms with Gasteiger partial charge in [-0.3, -0.25) is 0 Å². The highest BCUT2D eigenvalue weighted by molar-refractivity contribution is 6.99. The van der Waals surface area contributed by atoms with Crippen LogP contribution < -0.4 is 10.4 Å². The monoisotopic (exact) mass is 702 g/mol. The van der Waals surface area contributed by atoms with Crippen molar-refractivity contribution in [3.05, 3.63) is 181 Å². The van der Waals surface area contributed by atoms with Crippen molar-refractivity contribution in [2.75, 3.05) is 13.2 Å². The summed E-state index contributed by atoms with van der Waals surface area (Å²) < 4.78 is 20.8. The van der Waals surface area contributed by atoms with E-state index in [1.807, 2.05) is 140 Å². The van der Waals surface area contributed by atoms with Gasteiger partial charge < -0.3 is 29.2 Å². The molecule has 266 valence electrons. The van der Waals surface area contributed by atoms with Crippen molar-refractivity contribution >= 4 is 18.7 Å². The summed E-state index contributed by atoms with van der Waals surface area (Å²) in [6, 6.07) is 49.1. The topological polar surface area (TPSA) is 88.4 Å². The van der Waals surface area contributed by atoms with Crippen LogP contribution in [0, 0.1) is 0 Å². The molecule has 0 saturated carbocycles. The third-order valence-electron chi connectivity index (χ3n) is 9.35. The largest absolute Gasteiger partial charge is 0.407 e. The minimum atomic E-state index is -3.47. The summed E-state index contributed by atoms with van der Waals surface area (Å²) in [5.41, 5.74) is 0.652. The van der Waals surface area contributed by atoms with Crippen LogP contribution in [0.3, 0.4) is 0 Å². The van der Waals surface area contributed by atoms with E-state index in [0.29, 0.717) is 16.7 Å². The summed E-state index contributed by atoms with van der Waals surface area (Å²) in [6.45, 7) is 8.42. The Bertz CT molecular complexity index is 1650. The predicted molar refractivity (Wildman–Crippen MR) is 206 cm³/mol. The molecule has 0 aliphatic carbocycles. The lowest BCUT2D eigenvalue weighted by Crippen LogP contribution is -2.67. The molecule has 51 heavy (non-hydrogen) atoms. The zero-order chi connectivity index (χ0) is 36.4. The van der Waals surface area contributed by atoms with Gasteiger partial charge in [0.2, 0.25) is 0 Å². The van der Waals surface area contributed by atoms with Gasteiger partial charge in [0.1, 0.15) is 5.60 Å². The second-order valence-electron chi connectivity index (χ2n) is 13.7. The number of hydrogen-bond donors (Lipinski definition) is 3. The lowest BCUT2D eigenvalue weighted by molar-refractivity contribution is -0.476. The molecule has 0 aliphatic rings. The molecule has 0 saturated heterocycles. The summed E-state index contributed by atoms with van der Waals surface area (Å²) in [4.78, 5) is 0. The maximum Gasteiger partial charge on any atom is 0.333 e. The van der Waals surface area contributed by atoms with Gasteiger partial charge in [0, 0.05) is 13.0 Å². The third kappa shape index (κ3) is 8.01. The van der Waals surface area contributed by atoms with Crippen LogP contribution in [-0.2, 0) is 19.5 Å². The SMILES string of the molecule is CCC=CCOC(CCO[Si](c1ccccc1)(c1ccccc1)C(C)(C)C)(OC(c1ccccc1)(c1ccccc1)c1ccccc1)C(O)(O)O. The van der Waals surface area contributed by atoms with E-state index in [1.54, 1.807) is 6.08 Å². The van der Waals surface area contributed by atoms with Gasteiger partial charge in [-0.25, -0.2) is 0 Å². The van der Waals surface area contributed by atoms with E-state index in [-0.39, 0.29) is 24.7 Å². The van der Waals surface area contributed by atoms with E-state index < -0.39 is 25.7 Å². The van der Waals surface area contributed by atoms with Gasteiger partial charge in [0.15, 0.2) is 0 Å². The summed E-state index contributed by atoms with van der Waals surface area (Å²) in [5, 5.41) is 36.3. The van der Waals surface area contributed by atoms with Gasteiger partial charge in [0.05, 0.1) is 6.61 Å². The number of ether oxygens (including phenoxy) is 2. The standard InChI is InChI=1S/C44H50O6Si/c1-5-6-22-34-48-42(44(45,46)47,33-35-49-51(41(2,3)4,39-29-18-10-19-30-39)40-31-20-11-21-32-40)50-43(36-23-12-7-13-24-36,37-25-14-8-15-26-37)38-27-16-9-17-28-38/h6-32,45-47H,5,33-35H2,1-4H3. The van der Waals surface area contributed by atoms with Crippen molar-refractivity contribution in [3.8, 4) is 0 Å². The van der Waals surface area contributed by atoms with Gasteiger partial charge >= 0.3 is 5.97 Å². The smallest absolute Gasteiger partial charge is 0.333 e. The molecule has 0 aliphatic heterocycles. The van der Waals surface area contributed by atoms with Crippen LogP contribution in [0.25, 0.3) is 0 Å². The van der Waals surface area contributed by atoms with Crippen molar-refractivity contribution in [2.24, 2.45) is 0 Å². The number of benzene rings is 5. The molecule has 5 aromatic carbocycles. The lowest BCUT2D eigenvalue weighted by atomic mass is 9.79. The molecule has 6 nitrogen and oxygen atoms in total. The number of hydrogen-bond acceptors (Lipinski definition) is 6. The van der Waals surface area contributed by atoms with E-state index in [1.165, 1.54) is 0 Å². The Hall–Kier alpha value is -4.18. The third-order valence-corrected chi connectivity index (χ3v) is 14.4. The second kappa shape index (κ2) is 16.4. The lowest BCUT2D eigenvalue weighted by Gasteiger charge is -2.48. The molecule has 1 atom stereocenters. The quantitative estimate of drug-likeness (QED) is 0.0434. The number of rotatable bonds is 16. The Kier molecular flexibility index (Phi) is 12.3. The van der Waals surface area contributed by atoms with Crippen LogP contribution >= 0.6 is 0 Å². The molecule has 5 aromatic rings. The maximum absolute atomic E-state index is 11.5. The zero-order valence-electron chi connectivity index (χ0n) is 30.0. The van der Waals surface area contributed by atoms with E-state index in [9.17, 15) is 15.3 Å². The minimum absolute atomic E-state index is 0.0390. The van der Waals surface area contributed by atoms with Gasteiger partial charge in [-0.15, -0.1) is 0 Å². The van der Waals surface area contributed by atoms with Crippen LogP contribution in [0.5, 0.6) is 0 Å². The molecule has 0 fully saturated rings. The van der Waals surface area contributed by atoms with Gasteiger partial charge in [-0.2, -0.15) is 0 Å². The van der Waals surface area contributed by atoms with Crippen molar-refractivity contribution in [1.29, 1.82) is 0 Å². The minimum Gasteiger partial charge on any atom is -0.407 e. The predicted octanol–water partition coefficient (Wildman–Crippen LogP) is 7.27. The number of allylic oxidation sites excluding steroid dienone is 1. The summed E-state index contributed by atoms with van der Waals surface area (Å²) in [6.07, 6.45) is 4.20. The number of aliphatic hydroxyl groups is 3. The van der Waals surface area contributed by atoms with Crippen molar-refractivity contribution < 1.29 is 29.2 Å². The fraction of sp³-hybridized carbons (Fsp3) is 0.273. The van der Waals surface area contributed by atoms with E-state index in [4.69, 9.17) is 13.9 Å². The highest BCUT2D eigenvalue weighted by atomic mass is 28.4. The van der Waals surface area contributed by atoms with Gasteiger partial charge in [0.25, 0.3) is 14.1 Å². The first kappa shape index (κ1) is 38.1. The van der Waals surface area contributed by atoms with Crippen molar-refractivity contribution in [3.63, 3.8) is 0 Å². The average Bonchev–Trinajstić information content (AvgIpc) is 3.14. The van der Waals surface area contributed by atoms with Crippen LogP contribution in [0.2, 0.25) is 5.04 Å². The normalized spacial score (nSPS) is 14.0. The zero-order valence-corrected chi connectivity index (χ0v) is 31.0. The molecule has 7 heteroatoms. The second-order valence-corrected chi connectivity index (χ2v) is 18.0. The first-order chi connectivity index (χ1) is 24.5. The molecule has 5 rings (SSSR count). The van der Waals surface area contributed by atoms with Crippen LogP contribution in [-0.4, -0.2) is 48.6 Å². The van der Waals surface area contributed by atoms with Crippen LogP contribution in [0.15, 0.2) is 164 Å². The fourth-order valence-corrected chi connectivity index (χ4v) is 11.5. The molecular formula is C44H50O6Si. The molecule has 0 spiro atoms. The van der Waals surface area contributed by atoms with E-state index >= 15 is 0 Å². The Morgan fingerprint density at radius 2 is 0.961 bits per heavy atom. The van der Waals surface area contributed by atoms with Gasteiger partial charge in [-0.1, -0.05) is 192 Å². The van der Waals surface area contributed by atoms with Crippen LogP contribution in [0.1, 0.15) is 57.2 Å². The highest BCUT2D eigenvalue weighted by Gasteiger charge is 2.58. The Labute approximate surface area is 303 Å². The summed E-state index contributed by atoms with van der Waals surface area (Å²) in [5.74, 6) is -5.89. The average molecular weight is 703 g/mol. The molecule has 3 N–H and O–H groups in total. The van der Waals surface area contributed by atoms with E-state index in [2.05, 4.69) is 45.0 Å². The summed E-state index contributed by atoms with van der Waals surface area (Å²) in [7, 11) is -3.07. The van der Waals surface area contributed by atoms with E-state index in [0.717, 1.165) is 16.8 Å². The van der Waals surface area contributed by atoms with Crippen molar-refractivity contribution in [2.45, 2.75) is 62.9 Å². The fourth-order valence-electron chi connectivity index (χ4n) is 6.95. The van der Waals surface area contributed by atoms with Crippen LogP contribution in [0.4, 0.5) is 0 Å². The van der Waals surface area contributed by atoms with Gasteiger partial charge in [-0.05, 0) is 38.5 Å². The Balaban J connectivity index is 1.70. The summed E-state index contributed by atoms with van der Waals surface area (Å²) >= 11 is 0. The Morgan fingerprint density at radius 3 is 1.31 bits per heavy atom. The molecule has 0 amide bonds. The maximum atomic E-state index is 11.5. The molecule has 1 unspecified atom stereocenters. The first-order valence-corrected chi connectivity index (χ1v) is 19.5. The molecule has 0 radical (unpaired) electrons. The molecule has 0 bridgehead atoms. The first-order valence-electron chi connectivity index (χ1n) is 17.6. The molecular weight excluding hydrogens is 653 g/mol. The molecule has 0 heterocycles. The highest BCUT2D eigenvalue weighted by Crippen LogP contribution is 2.47. The molecule has 0 aromatic heterocycles. The Morgan fingerprint density at radius 1 is 0.569 bits per heavy atom. The van der Waals surface area contributed by atoms with Crippen molar-refractivity contribution in [1.82, 2.24) is 0 Å².